The summed E-state index contributed by atoms with van der Waals surface area (Å²) >= 11 is 0. The van der Waals surface area contributed by atoms with Gasteiger partial charge in [0.25, 0.3) is 0 Å². The van der Waals surface area contributed by atoms with Crippen molar-refractivity contribution in [2.45, 2.75) is 43.2 Å². The summed E-state index contributed by atoms with van der Waals surface area (Å²) in [6.45, 7) is 3.45. The predicted molar refractivity (Wildman–Crippen MR) is 140 cm³/mol. The maximum absolute atomic E-state index is 13.3. The molecular weight excluding hydrogens is 474 g/mol. The topological polar surface area (TPSA) is 74.9 Å². The van der Waals surface area contributed by atoms with Crippen LogP contribution in [-0.4, -0.2) is 62.6 Å². The number of benzene rings is 2. The second-order valence-electron chi connectivity index (χ2n) is 9.52. The van der Waals surface area contributed by atoms with E-state index in [0.717, 1.165) is 36.5 Å². The van der Waals surface area contributed by atoms with Gasteiger partial charge in [-0.05, 0) is 55.3 Å². The van der Waals surface area contributed by atoms with Gasteiger partial charge in [0, 0.05) is 42.6 Å². The van der Waals surface area contributed by atoms with Crippen molar-refractivity contribution in [2.24, 2.45) is 0 Å². The van der Waals surface area contributed by atoms with Crippen LogP contribution in [-0.2, 0) is 21.3 Å². The Bertz CT molecular complexity index is 1250. The van der Waals surface area contributed by atoms with Gasteiger partial charge in [0.05, 0.1) is 25.2 Å². The van der Waals surface area contributed by atoms with Gasteiger partial charge in [-0.3, -0.25) is 4.90 Å². The van der Waals surface area contributed by atoms with Crippen molar-refractivity contribution in [3.63, 3.8) is 0 Å². The summed E-state index contributed by atoms with van der Waals surface area (Å²) in [5.74, 6) is 0.640. The van der Waals surface area contributed by atoms with E-state index in [4.69, 9.17) is 9.47 Å². The van der Waals surface area contributed by atoms with Gasteiger partial charge in [0.15, 0.2) is 0 Å². The second kappa shape index (κ2) is 11.2. The van der Waals surface area contributed by atoms with Crippen molar-refractivity contribution in [3.05, 3.63) is 71.9 Å². The van der Waals surface area contributed by atoms with Gasteiger partial charge in [-0.1, -0.05) is 43.2 Å². The number of rotatable bonds is 7. The van der Waals surface area contributed by atoms with Gasteiger partial charge >= 0.3 is 0 Å². The molecule has 0 spiro atoms. The number of hydrogen-bond acceptors (Lipinski definition) is 5. The number of morpholine rings is 1. The van der Waals surface area contributed by atoms with Gasteiger partial charge in [-0.15, -0.1) is 0 Å². The number of aromatic nitrogens is 1. The Morgan fingerprint density at radius 1 is 0.972 bits per heavy atom. The fourth-order valence-electron chi connectivity index (χ4n) is 5.31. The van der Waals surface area contributed by atoms with E-state index in [1.54, 1.807) is 25.3 Å². The first kappa shape index (κ1) is 25.0. The molecule has 0 radical (unpaired) electrons. The number of aromatic amines is 1. The molecule has 8 heteroatoms. The van der Waals surface area contributed by atoms with Gasteiger partial charge in [0.1, 0.15) is 5.75 Å². The van der Waals surface area contributed by atoms with Crippen molar-refractivity contribution in [2.75, 3.05) is 40.0 Å². The highest BCUT2D eigenvalue weighted by atomic mass is 32.2. The van der Waals surface area contributed by atoms with E-state index < -0.39 is 10.0 Å². The first-order valence-corrected chi connectivity index (χ1v) is 14.2. The van der Waals surface area contributed by atoms with Crippen LogP contribution < -0.4 is 4.74 Å². The first-order valence-electron chi connectivity index (χ1n) is 12.8. The zero-order chi connectivity index (χ0) is 25.0. The molecule has 0 amide bonds. The monoisotopic (exact) mass is 509 g/mol. The Labute approximate surface area is 214 Å². The van der Waals surface area contributed by atoms with Gasteiger partial charge < -0.3 is 14.5 Å². The average Bonchev–Trinajstić information content (AvgIpc) is 3.26. The highest BCUT2D eigenvalue weighted by Gasteiger charge is 2.28. The molecule has 0 aliphatic carbocycles. The molecule has 0 saturated carbocycles. The third-order valence-corrected chi connectivity index (χ3v) is 9.13. The molecule has 1 N–H and O–H groups in total. The fraction of sp³-hybridized carbons (Fsp3) is 0.429. The summed E-state index contributed by atoms with van der Waals surface area (Å²) in [7, 11) is -1.99. The zero-order valence-electron chi connectivity index (χ0n) is 20.9. The van der Waals surface area contributed by atoms with E-state index in [0.29, 0.717) is 38.1 Å². The van der Waals surface area contributed by atoms with Crippen LogP contribution in [0.5, 0.6) is 5.75 Å². The number of hydrogen-bond donors (Lipinski definition) is 1. The molecule has 0 unspecified atom stereocenters. The van der Waals surface area contributed by atoms with E-state index in [2.05, 4.69) is 46.3 Å². The summed E-state index contributed by atoms with van der Waals surface area (Å²) in [4.78, 5) is 6.39. The molecule has 2 aliphatic heterocycles. The standard InChI is InChI=1S/C28H35N3O4S/c1-34-28-14-12-24(36(32,33)31-16-18-35-19-17-31)20-25(28)26-13-11-23(29-26)21-30-15-7-3-6-10-27(30)22-8-4-2-5-9-22/h2,4-5,8-9,11-14,20,27,29H,3,6-7,10,15-19,21H2,1H3/t27-/m0/s1. The van der Waals surface area contributed by atoms with E-state index in [1.165, 1.54) is 29.1 Å². The highest BCUT2D eigenvalue weighted by Crippen LogP contribution is 2.35. The normalized spacial score (nSPS) is 20.2. The SMILES string of the molecule is COc1ccc(S(=O)(=O)N2CCOCC2)cc1-c1ccc(CN2CCCCC[C@H]2c2ccccc2)[nH]1. The van der Waals surface area contributed by atoms with Gasteiger partial charge in [0.2, 0.25) is 10.0 Å². The number of H-pyrrole nitrogens is 1. The quantitative estimate of drug-likeness (QED) is 0.494. The number of likely N-dealkylation sites (tertiary alicyclic amines) is 1. The van der Waals surface area contributed by atoms with E-state index >= 15 is 0 Å². The molecule has 1 aromatic heterocycles. The molecule has 5 rings (SSSR count). The van der Waals surface area contributed by atoms with Gasteiger partial charge in [-0.25, -0.2) is 8.42 Å². The summed E-state index contributed by atoms with van der Waals surface area (Å²) in [6.07, 6.45) is 4.87. The lowest BCUT2D eigenvalue weighted by Crippen LogP contribution is -2.40. The van der Waals surface area contributed by atoms with Crippen molar-refractivity contribution < 1.29 is 17.9 Å². The lowest BCUT2D eigenvalue weighted by molar-refractivity contribution is 0.0730. The molecule has 2 aliphatic rings. The number of sulfonamides is 1. The number of methoxy groups -OCH3 is 1. The fourth-order valence-corrected chi connectivity index (χ4v) is 6.75. The summed E-state index contributed by atoms with van der Waals surface area (Å²) < 4.78 is 38.9. The average molecular weight is 510 g/mol. The summed E-state index contributed by atoms with van der Waals surface area (Å²) in [5, 5.41) is 0. The first-order chi connectivity index (χ1) is 17.6. The number of ether oxygens (including phenoxy) is 2. The minimum absolute atomic E-state index is 0.271. The Morgan fingerprint density at radius 3 is 2.56 bits per heavy atom. The molecule has 7 nitrogen and oxygen atoms in total. The van der Waals surface area contributed by atoms with Crippen LogP contribution >= 0.6 is 0 Å². The third-order valence-electron chi connectivity index (χ3n) is 7.24. The maximum atomic E-state index is 13.3. The lowest BCUT2D eigenvalue weighted by Gasteiger charge is -2.30. The smallest absolute Gasteiger partial charge is 0.243 e. The van der Waals surface area contributed by atoms with Crippen molar-refractivity contribution in [1.82, 2.24) is 14.2 Å². The molecular formula is C28H35N3O4S. The van der Waals surface area contributed by atoms with Crippen LogP contribution in [0.15, 0.2) is 65.6 Å². The van der Waals surface area contributed by atoms with Crippen LogP contribution in [0.2, 0.25) is 0 Å². The molecule has 2 fully saturated rings. The molecule has 2 aromatic carbocycles. The van der Waals surface area contributed by atoms with E-state index in [-0.39, 0.29) is 4.90 Å². The molecule has 0 bridgehead atoms. The predicted octanol–water partition coefficient (Wildman–Crippen LogP) is 4.83. The Balaban J connectivity index is 1.41. The summed E-state index contributed by atoms with van der Waals surface area (Å²) in [6, 6.07) is 20.4. The Kier molecular flexibility index (Phi) is 7.76. The van der Waals surface area contributed by atoms with Crippen LogP contribution in [0.1, 0.15) is 43.0 Å². The number of nitrogens with zero attached hydrogens (tertiary/aromatic N) is 2. The molecule has 3 heterocycles. The van der Waals surface area contributed by atoms with Crippen LogP contribution in [0, 0.1) is 0 Å². The van der Waals surface area contributed by atoms with Crippen LogP contribution in [0.25, 0.3) is 11.3 Å². The third kappa shape index (κ3) is 5.37. The molecule has 1 atom stereocenters. The van der Waals surface area contributed by atoms with Crippen LogP contribution in [0.3, 0.4) is 0 Å². The largest absolute Gasteiger partial charge is 0.496 e. The molecule has 192 valence electrons. The zero-order valence-corrected chi connectivity index (χ0v) is 21.7. The van der Waals surface area contributed by atoms with Gasteiger partial charge in [-0.2, -0.15) is 4.31 Å². The molecule has 36 heavy (non-hydrogen) atoms. The Hall–Kier alpha value is -2.65. The van der Waals surface area contributed by atoms with Crippen LogP contribution in [0.4, 0.5) is 0 Å². The van der Waals surface area contributed by atoms with E-state index in [1.807, 2.05) is 6.07 Å². The minimum atomic E-state index is -3.60. The van der Waals surface area contributed by atoms with Crippen molar-refractivity contribution >= 4 is 10.0 Å². The second-order valence-corrected chi connectivity index (χ2v) is 11.5. The Morgan fingerprint density at radius 2 is 1.78 bits per heavy atom. The molecule has 2 saturated heterocycles. The summed E-state index contributed by atoms with van der Waals surface area (Å²) in [5.41, 5.74) is 4.07. The highest BCUT2D eigenvalue weighted by molar-refractivity contribution is 7.89. The van der Waals surface area contributed by atoms with Crippen molar-refractivity contribution in [3.8, 4) is 17.0 Å². The molecule has 3 aromatic rings. The van der Waals surface area contributed by atoms with E-state index in [9.17, 15) is 8.42 Å². The van der Waals surface area contributed by atoms with Crippen molar-refractivity contribution in [1.29, 1.82) is 0 Å². The lowest BCUT2D eigenvalue weighted by atomic mass is 10.0. The minimum Gasteiger partial charge on any atom is -0.496 e. The maximum Gasteiger partial charge on any atom is 0.243 e. The number of nitrogens with one attached hydrogen (secondary N) is 1.